The standard InChI is InChI=1S/C19H29N3O2/c20-17-7-4-8-18(13-17)22-11-9-21(10-12-22)14-19(23)24-15-16-5-2-1-3-6-16/h1-3,5-6,17-18H,4,7-15,20H2/t17-,18+/m1/s1. The first-order valence-corrected chi connectivity index (χ1v) is 9.12. The van der Waals surface area contributed by atoms with Crippen LogP contribution < -0.4 is 5.73 Å². The molecule has 1 aromatic carbocycles. The second kappa shape index (κ2) is 8.60. The topological polar surface area (TPSA) is 58.8 Å². The molecule has 0 unspecified atom stereocenters. The van der Waals surface area contributed by atoms with Gasteiger partial charge in [0.05, 0.1) is 6.54 Å². The second-order valence-electron chi connectivity index (χ2n) is 7.04. The van der Waals surface area contributed by atoms with E-state index in [2.05, 4.69) is 9.80 Å². The van der Waals surface area contributed by atoms with E-state index in [0.717, 1.165) is 38.2 Å². The molecule has 24 heavy (non-hydrogen) atoms. The zero-order valence-electron chi connectivity index (χ0n) is 14.4. The summed E-state index contributed by atoms with van der Waals surface area (Å²) < 4.78 is 5.38. The molecule has 0 aromatic heterocycles. The van der Waals surface area contributed by atoms with Crippen LogP contribution in [0.1, 0.15) is 31.2 Å². The van der Waals surface area contributed by atoms with Crippen molar-refractivity contribution in [1.29, 1.82) is 0 Å². The minimum atomic E-state index is -0.132. The van der Waals surface area contributed by atoms with Crippen LogP contribution in [0.4, 0.5) is 0 Å². The van der Waals surface area contributed by atoms with Crippen molar-refractivity contribution in [3.8, 4) is 0 Å². The lowest BCUT2D eigenvalue weighted by Gasteiger charge is -2.41. The molecule has 0 bridgehead atoms. The molecule has 0 spiro atoms. The van der Waals surface area contributed by atoms with Gasteiger partial charge in [-0.15, -0.1) is 0 Å². The molecular weight excluding hydrogens is 302 g/mol. The van der Waals surface area contributed by atoms with Gasteiger partial charge in [-0.2, -0.15) is 0 Å². The van der Waals surface area contributed by atoms with Gasteiger partial charge in [0.1, 0.15) is 6.61 Å². The predicted octanol–water partition coefficient (Wildman–Crippen LogP) is 1.62. The number of nitrogens with zero attached hydrogens (tertiary/aromatic N) is 2. The molecule has 0 amide bonds. The average molecular weight is 331 g/mol. The van der Waals surface area contributed by atoms with E-state index >= 15 is 0 Å². The van der Waals surface area contributed by atoms with Crippen molar-refractivity contribution in [3.63, 3.8) is 0 Å². The largest absolute Gasteiger partial charge is 0.460 e. The van der Waals surface area contributed by atoms with Gasteiger partial charge in [-0.25, -0.2) is 0 Å². The van der Waals surface area contributed by atoms with Crippen molar-refractivity contribution in [1.82, 2.24) is 9.80 Å². The van der Waals surface area contributed by atoms with E-state index in [1.165, 1.54) is 19.3 Å². The Kier molecular flexibility index (Phi) is 6.24. The lowest BCUT2D eigenvalue weighted by molar-refractivity contribution is -0.146. The van der Waals surface area contributed by atoms with Crippen LogP contribution in [0, 0.1) is 0 Å². The molecule has 1 aliphatic carbocycles. The number of nitrogens with two attached hydrogens (primary N) is 1. The Labute approximate surface area is 144 Å². The third-order valence-electron chi connectivity index (χ3n) is 5.21. The van der Waals surface area contributed by atoms with E-state index in [4.69, 9.17) is 10.5 Å². The molecule has 2 N–H and O–H groups in total. The summed E-state index contributed by atoms with van der Waals surface area (Å²) in [5.41, 5.74) is 7.14. The Morgan fingerprint density at radius 3 is 2.58 bits per heavy atom. The molecule has 0 radical (unpaired) electrons. The molecule has 3 rings (SSSR count). The molecule has 1 saturated heterocycles. The summed E-state index contributed by atoms with van der Waals surface area (Å²) in [6.07, 6.45) is 4.81. The number of benzene rings is 1. The molecule has 1 saturated carbocycles. The Morgan fingerprint density at radius 2 is 1.88 bits per heavy atom. The van der Waals surface area contributed by atoms with Gasteiger partial charge in [0.2, 0.25) is 0 Å². The summed E-state index contributed by atoms with van der Waals surface area (Å²) in [7, 11) is 0. The highest BCUT2D eigenvalue weighted by Crippen LogP contribution is 2.23. The van der Waals surface area contributed by atoms with Crippen molar-refractivity contribution in [2.75, 3.05) is 32.7 Å². The van der Waals surface area contributed by atoms with Gasteiger partial charge in [0.15, 0.2) is 0 Å². The van der Waals surface area contributed by atoms with Gasteiger partial charge in [-0.05, 0) is 24.8 Å². The SMILES string of the molecule is N[C@@H]1CCC[C@H](N2CCN(CC(=O)OCc3ccccc3)CC2)C1. The van der Waals surface area contributed by atoms with Gasteiger partial charge in [0.25, 0.3) is 0 Å². The number of hydrogen-bond acceptors (Lipinski definition) is 5. The minimum absolute atomic E-state index is 0.132. The highest BCUT2D eigenvalue weighted by atomic mass is 16.5. The first-order valence-electron chi connectivity index (χ1n) is 9.12. The van der Waals surface area contributed by atoms with E-state index < -0.39 is 0 Å². The van der Waals surface area contributed by atoms with Crippen LogP contribution in [0.15, 0.2) is 30.3 Å². The van der Waals surface area contributed by atoms with E-state index in [0.29, 0.717) is 25.2 Å². The molecule has 1 heterocycles. The molecule has 5 heteroatoms. The maximum absolute atomic E-state index is 12.0. The maximum Gasteiger partial charge on any atom is 0.320 e. The molecule has 2 atom stereocenters. The third kappa shape index (κ3) is 5.03. The number of esters is 1. The van der Waals surface area contributed by atoms with Crippen LogP contribution in [0.3, 0.4) is 0 Å². The van der Waals surface area contributed by atoms with Crippen LogP contribution in [-0.4, -0.2) is 60.6 Å². The second-order valence-corrected chi connectivity index (χ2v) is 7.04. The van der Waals surface area contributed by atoms with Crippen LogP contribution >= 0.6 is 0 Å². The lowest BCUT2D eigenvalue weighted by Crippen LogP contribution is -2.53. The summed E-state index contributed by atoms with van der Waals surface area (Å²) >= 11 is 0. The Hall–Kier alpha value is -1.43. The normalized spacial score (nSPS) is 26.2. The fourth-order valence-electron chi connectivity index (χ4n) is 3.79. The number of carbonyl (C=O) groups excluding carboxylic acids is 1. The van der Waals surface area contributed by atoms with Crippen LogP contribution in [0.5, 0.6) is 0 Å². The molecule has 132 valence electrons. The fourth-order valence-corrected chi connectivity index (χ4v) is 3.79. The van der Waals surface area contributed by atoms with E-state index in [9.17, 15) is 4.79 Å². The molecular formula is C19H29N3O2. The number of carbonyl (C=O) groups is 1. The van der Waals surface area contributed by atoms with E-state index in [1.807, 2.05) is 30.3 Å². The van der Waals surface area contributed by atoms with Crippen molar-refractivity contribution < 1.29 is 9.53 Å². The summed E-state index contributed by atoms with van der Waals surface area (Å²) in [6.45, 7) is 4.69. The number of rotatable bonds is 5. The van der Waals surface area contributed by atoms with Crippen LogP contribution in [0.2, 0.25) is 0 Å². The van der Waals surface area contributed by atoms with Gasteiger partial charge in [-0.1, -0.05) is 36.8 Å². The first-order chi connectivity index (χ1) is 11.7. The fraction of sp³-hybridized carbons (Fsp3) is 0.632. The van der Waals surface area contributed by atoms with E-state index in [-0.39, 0.29) is 5.97 Å². The molecule has 1 aromatic rings. The quantitative estimate of drug-likeness (QED) is 0.831. The van der Waals surface area contributed by atoms with Crippen LogP contribution in [0.25, 0.3) is 0 Å². The summed E-state index contributed by atoms with van der Waals surface area (Å²) in [5, 5.41) is 0. The van der Waals surface area contributed by atoms with Crippen LogP contribution in [-0.2, 0) is 16.1 Å². The molecule has 2 fully saturated rings. The highest BCUT2D eigenvalue weighted by Gasteiger charge is 2.28. The van der Waals surface area contributed by atoms with Crippen molar-refractivity contribution in [2.45, 2.75) is 44.4 Å². The summed E-state index contributed by atoms with van der Waals surface area (Å²) in [5.74, 6) is -0.132. The monoisotopic (exact) mass is 331 g/mol. The van der Waals surface area contributed by atoms with Gasteiger partial charge >= 0.3 is 5.97 Å². The Morgan fingerprint density at radius 1 is 1.12 bits per heavy atom. The number of hydrogen-bond donors (Lipinski definition) is 1. The number of ether oxygens (including phenoxy) is 1. The summed E-state index contributed by atoms with van der Waals surface area (Å²) in [4.78, 5) is 16.8. The highest BCUT2D eigenvalue weighted by molar-refractivity contribution is 5.71. The van der Waals surface area contributed by atoms with Gasteiger partial charge in [-0.3, -0.25) is 14.6 Å². The minimum Gasteiger partial charge on any atom is -0.460 e. The predicted molar refractivity (Wildman–Crippen MR) is 94.5 cm³/mol. The van der Waals surface area contributed by atoms with Crippen molar-refractivity contribution in [2.24, 2.45) is 5.73 Å². The zero-order chi connectivity index (χ0) is 16.8. The Balaban J connectivity index is 1.36. The molecule has 2 aliphatic rings. The van der Waals surface area contributed by atoms with Crippen molar-refractivity contribution in [3.05, 3.63) is 35.9 Å². The zero-order valence-corrected chi connectivity index (χ0v) is 14.4. The average Bonchev–Trinajstić information content (AvgIpc) is 2.61. The summed E-state index contributed by atoms with van der Waals surface area (Å²) in [6, 6.07) is 10.8. The van der Waals surface area contributed by atoms with Gasteiger partial charge < -0.3 is 10.5 Å². The first kappa shape index (κ1) is 17.4. The van der Waals surface area contributed by atoms with Gasteiger partial charge in [0, 0.05) is 38.3 Å². The maximum atomic E-state index is 12.0. The molecule has 5 nitrogen and oxygen atoms in total. The molecule has 1 aliphatic heterocycles. The number of piperazine rings is 1. The van der Waals surface area contributed by atoms with E-state index in [1.54, 1.807) is 0 Å². The third-order valence-corrected chi connectivity index (χ3v) is 5.21. The van der Waals surface area contributed by atoms with Crippen molar-refractivity contribution >= 4 is 5.97 Å². The lowest BCUT2D eigenvalue weighted by atomic mass is 9.90. The Bertz CT molecular complexity index is 515. The smallest absolute Gasteiger partial charge is 0.320 e.